The standard InChI is InChI=1S/C23H26FN9O/c24-21-16-26-23(30-22(21)32-9-11-34-12-10-32)31-27-15-18-5-6-19(14-25-18)29-17-3-1-4-20(13-17)33-8-2-7-28-33/h1,3-6,13-14,16,28-29H,2,7-12,15H2. The third-order valence-corrected chi connectivity index (χ3v) is 5.55. The maximum atomic E-state index is 14.1. The second-order valence-electron chi connectivity index (χ2n) is 7.97. The summed E-state index contributed by atoms with van der Waals surface area (Å²) in [6.07, 6.45) is 4.03. The van der Waals surface area contributed by atoms with Gasteiger partial charge in [-0.15, -0.1) is 5.11 Å². The quantitative estimate of drug-likeness (QED) is 0.513. The maximum Gasteiger partial charge on any atom is 0.270 e. The molecule has 11 heteroatoms. The van der Waals surface area contributed by atoms with Crippen LogP contribution in [-0.2, 0) is 11.3 Å². The number of aromatic nitrogens is 3. The van der Waals surface area contributed by atoms with E-state index in [2.05, 4.69) is 53.1 Å². The number of pyridine rings is 1. The van der Waals surface area contributed by atoms with E-state index in [1.54, 1.807) is 6.20 Å². The monoisotopic (exact) mass is 463 g/mol. The first-order valence-electron chi connectivity index (χ1n) is 11.3. The van der Waals surface area contributed by atoms with Crippen LogP contribution >= 0.6 is 0 Å². The number of hydrogen-bond donors (Lipinski definition) is 2. The van der Waals surface area contributed by atoms with Crippen molar-refractivity contribution in [3.8, 4) is 0 Å². The summed E-state index contributed by atoms with van der Waals surface area (Å²) in [6, 6.07) is 12.1. The molecule has 176 valence electrons. The van der Waals surface area contributed by atoms with Gasteiger partial charge in [0.05, 0.1) is 42.7 Å². The molecule has 2 N–H and O–H groups in total. The van der Waals surface area contributed by atoms with Gasteiger partial charge in [0.1, 0.15) is 6.54 Å². The molecule has 2 fully saturated rings. The number of anilines is 4. The largest absolute Gasteiger partial charge is 0.378 e. The second kappa shape index (κ2) is 10.5. The van der Waals surface area contributed by atoms with Crippen LogP contribution in [0.25, 0.3) is 0 Å². The molecule has 2 aliphatic heterocycles. The Morgan fingerprint density at radius 1 is 1.06 bits per heavy atom. The molecule has 1 aromatic carbocycles. The lowest BCUT2D eigenvalue weighted by Crippen LogP contribution is -2.37. The predicted molar refractivity (Wildman–Crippen MR) is 127 cm³/mol. The molecule has 5 rings (SSSR count). The molecular weight excluding hydrogens is 437 g/mol. The fraction of sp³-hybridized carbons (Fsp3) is 0.348. The Bertz CT molecular complexity index is 1130. The number of benzene rings is 1. The van der Waals surface area contributed by atoms with Gasteiger partial charge in [-0.2, -0.15) is 10.1 Å². The Kier molecular flexibility index (Phi) is 6.82. The van der Waals surface area contributed by atoms with Crippen molar-refractivity contribution in [1.29, 1.82) is 0 Å². The summed E-state index contributed by atoms with van der Waals surface area (Å²) >= 11 is 0. The molecule has 0 saturated carbocycles. The molecule has 2 aliphatic rings. The lowest BCUT2D eigenvalue weighted by Gasteiger charge is -2.27. The highest BCUT2D eigenvalue weighted by Crippen LogP contribution is 2.23. The van der Waals surface area contributed by atoms with Crippen LogP contribution in [0.4, 0.5) is 33.2 Å². The van der Waals surface area contributed by atoms with E-state index in [0.29, 0.717) is 26.3 Å². The van der Waals surface area contributed by atoms with E-state index in [9.17, 15) is 4.39 Å². The molecule has 34 heavy (non-hydrogen) atoms. The molecule has 0 bridgehead atoms. The van der Waals surface area contributed by atoms with Crippen molar-refractivity contribution in [3.05, 3.63) is 60.3 Å². The molecular formula is C23H26FN9O. The lowest BCUT2D eigenvalue weighted by atomic mass is 10.2. The third kappa shape index (κ3) is 5.43. The van der Waals surface area contributed by atoms with Gasteiger partial charge < -0.3 is 20.0 Å². The van der Waals surface area contributed by atoms with Gasteiger partial charge in [0.15, 0.2) is 11.6 Å². The van der Waals surface area contributed by atoms with Gasteiger partial charge in [0.2, 0.25) is 0 Å². The fourth-order valence-electron chi connectivity index (χ4n) is 3.83. The van der Waals surface area contributed by atoms with Crippen LogP contribution in [0.5, 0.6) is 0 Å². The van der Waals surface area contributed by atoms with Crippen molar-refractivity contribution in [2.24, 2.45) is 10.2 Å². The van der Waals surface area contributed by atoms with Gasteiger partial charge in [-0.05, 0) is 36.8 Å². The predicted octanol–water partition coefficient (Wildman–Crippen LogP) is 3.59. The lowest BCUT2D eigenvalue weighted by molar-refractivity contribution is 0.122. The summed E-state index contributed by atoms with van der Waals surface area (Å²) in [5, 5.41) is 13.7. The van der Waals surface area contributed by atoms with E-state index in [1.165, 1.54) is 0 Å². The topological polar surface area (TPSA) is 103 Å². The Labute approximate surface area is 196 Å². The molecule has 2 saturated heterocycles. The number of hydrazine groups is 1. The van der Waals surface area contributed by atoms with E-state index in [4.69, 9.17) is 4.74 Å². The molecule has 0 unspecified atom stereocenters. The fourth-order valence-corrected chi connectivity index (χ4v) is 3.83. The summed E-state index contributed by atoms with van der Waals surface area (Å²) in [5.41, 5.74) is 7.12. The zero-order chi connectivity index (χ0) is 23.2. The number of rotatable bonds is 7. The van der Waals surface area contributed by atoms with Gasteiger partial charge in [-0.1, -0.05) is 6.07 Å². The van der Waals surface area contributed by atoms with Crippen LogP contribution in [0, 0.1) is 5.82 Å². The van der Waals surface area contributed by atoms with Crippen molar-refractivity contribution in [2.75, 3.05) is 54.6 Å². The van der Waals surface area contributed by atoms with Crippen LogP contribution in [0.3, 0.4) is 0 Å². The minimum absolute atomic E-state index is 0.119. The molecule has 0 spiro atoms. The zero-order valence-electron chi connectivity index (χ0n) is 18.7. The van der Waals surface area contributed by atoms with Crippen molar-refractivity contribution in [2.45, 2.75) is 13.0 Å². The summed E-state index contributed by atoms with van der Waals surface area (Å²) in [7, 11) is 0. The summed E-state index contributed by atoms with van der Waals surface area (Å²) in [4.78, 5) is 14.4. The minimum atomic E-state index is -0.479. The summed E-state index contributed by atoms with van der Waals surface area (Å²) in [5.74, 6) is -0.133. The zero-order valence-corrected chi connectivity index (χ0v) is 18.7. The van der Waals surface area contributed by atoms with Crippen molar-refractivity contribution in [1.82, 2.24) is 20.4 Å². The van der Waals surface area contributed by atoms with E-state index in [0.717, 1.165) is 48.5 Å². The van der Waals surface area contributed by atoms with Gasteiger partial charge in [0.25, 0.3) is 5.95 Å². The normalized spacial score (nSPS) is 16.4. The highest BCUT2D eigenvalue weighted by atomic mass is 19.1. The van der Waals surface area contributed by atoms with E-state index in [-0.39, 0.29) is 18.3 Å². The molecule has 10 nitrogen and oxygen atoms in total. The Morgan fingerprint density at radius 3 is 2.76 bits per heavy atom. The van der Waals surface area contributed by atoms with Gasteiger partial charge >= 0.3 is 0 Å². The third-order valence-electron chi connectivity index (χ3n) is 5.55. The number of nitrogens with one attached hydrogen (secondary N) is 2. The van der Waals surface area contributed by atoms with Gasteiger partial charge in [-0.3, -0.25) is 4.98 Å². The second-order valence-corrected chi connectivity index (χ2v) is 7.97. The van der Waals surface area contributed by atoms with Crippen molar-refractivity contribution in [3.63, 3.8) is 0 Å². The average Bonchev–Trinajstić information content (AvgIpc) is 3.42. The number of azo groups is 1. The number of halogens is 1. The first-order valence-corrected chi connectivity index (χ1v) is 11.3. The highest BCUT2D eigenvalue weighted by molar-refractivity contribution is 5.64. The van der Waals surface area contributed by atoms with Crippen LogP contribution in [-0.4, -0.2) is 54.3 Å². The number of nitrogens with zero attached hydrogens (tertiary/aromatic N) is 7. The first-order chi connectivity index (χ1) is 16.7. The Balaban J connectivity index is 1.18. The minimum Gasteiger partial charge on any atom is -0.378 e. The SMILES string of the molecule is Fc1cnc(N=NCc2ccc(Nc3cccc(N4CCCN4)c3)cn2)nc1N1CCOCC1. The highest BCUT2D eigenvalue weighted by Gasteiger charge is 2.17. The van der Waals surface area contributed by atoms with Gasteiger partial charge in [-0.25, -0.2) is 14.8 Å². The van der Waals surface area contributed by atoms with Gasteiger partial charge in [0, 0.05) is 31.9 Å². The number of morpholine rings is 1. The van der Waals surface area contributed by atoms with E-state index >= 15 is 0 Å². The van der Waals surface area contributed by atoms with E-state index < -0.39 is 5.82 Å². The Hall–Kier alpha value is -3.70. The molecule has 0 amide bonds. The first kappa shape index (κ1) is 22.1. The smallest absolute Gasteiger partial charge is 0.270 e. The Morgan fingerprint density at radius 2 is 1.97 bits per heavy atom. The molecule has 4 heterocycles. The number of ether oxygens (including phenoxy) is 1. The van der Waals surface area contributed by atoms with Crippen molar-refractivity contribution < 1.29 is 9.13 Å². The molecule has 2 aromatic heterocycles. The average molecular weight is 464 g/mol. The van der Waals surface area contributed by atoms with Crippen LogP contribution in [0.1, 0.15) is 12.1 Å². The molecule has 0 radical (unpaired) electrons. The maximum absolute atomic E-state index is 14.1. The van der Waals surface area contributed by atoms with Crippen LogP contribution < -0.4 is 20.7 Å². The molecule has 0 aliphatic carbocycles. The summed E-state index contributed by atoms with van der Waals surface area (Å²) < 4.78 is 19.4. The van der Waals surface area contributed by atoms with Crippen molar-refractivity contribution >= 4 is 28.8 Å². The van der Waals surface area contributed by atoms with Crippen LogP contribution in [0.15, 0.2) is 59.0 Å². The van der Waals surface area contributed by atoms with E-state index in [1.807, 2.05) is 29.2 Å². The molecule has 0 atom stereocenters. The molecule has 3 aromatic rings. The van der Waals surface area contributed by atoms with Crippen LogP contribution in [0.2, 0.25) is 0 Å². The number of hydrogen-bond acceptors (Lipinski definition) is 10. The summed E-state index contributed by atoms with van der Waals surface area (Å²) in [6.45, 7) is 4.51.